The molecule has 102 valence electrons. The van der Waals surface area contributed by atoms with Gasteiger partial charge in [0, 0.05) is 19.4 Å². The van der Waals surface area contributed by atoms with E-state index in [0.29, 0.717) is 5.95 Å². The van der Waals surface area contributed by atoms with Gasteiger partial charge in [0.15, 0.2) is 6.61 Å². The van der Waals surface area contributed by atoms with Gasteiger partial charge in [-0.3, -0.25) is 14.9 Å². The maximum Gasteiger partial charge on any atom is 0.326 e. The Bertz CT molecular complexity index is 464. The Balaban J connectivity index is 2.35. The highest BCUT2D eigenvalue weighted by Gasteiger charge is 2.12. The van der Waals surface area contributed by atoms with Crippen LogP contribution in [0.2, 0.25) is 0 Å². The Morgan fingerprint density at radius 2 is 2.00 bits per heavy atom. The van der Waals surface area contributed by atoms with Gasteiger partial charge >= 0.3 is 12.0 Å². The highest BCUT2D eigenvalue weighted by molar-refractivity contribution is 5.94. The third kappa shape index (κ3) is 5.44. The van der Waals surface area contributed by atoms with E-state index in [1.54, 1.807) is 18.4 Å². The number of nitrogens with one attached hydrogen (secondary N) is 1. The Labute approximate surface area is 108 Å². The number of primary amides is 1. The fraction of sp³-hybridized carbons (Fsp3) is 0.300. The zero-order chi connectivity index (χ0) is 14.3. The quantitative estimate of drug-likeness (QED) is 0.631. The van der Waals surface area contributed by atoms with Crippen molar-refractivity contribution in [2.24, 2.45) is 5.73 Å². The summed E-state index contributed by atoms with van der Waals surface area (Å²) in [6.07, 6.45) is 3.06. The van der Waals surface area contributed by atoms with Crippen LogP contribution in [0, 0.1) is 0 Å². The fourth-order valence-corrected chi connectivity index (χ4v) is 1.12. The molecule has 1 aromatic rings. The minimum atomic E-state index is -1.00. The molecule has 19 heavy (non-hydrogen) atoms. The normalized spacial score (nSPS) is 9.53. The van der Waals surface area contributed by atoms with Gasteiger partial charge in [-0.05, 0) is 6.07 Å². The summed E-state index contributed by atoms with van der Waals surface area (Å²) < 4.78 is 4.64. The number of aromatic nitrogens is 2. The number of ether oxygens (including phenoxy) is 1. The number of hydrogen-bond acceptors (Lipinski definition) is 7. The Hall–Kier alpha value is -2.71. The van der Waals surface area contributed by atoms with Crippen molar-refractivity contribution in [2.75, 3.05) is 25.1 Å². The van der Waals surface area contributed by atoms with Crippen molar-refractivity contribution in [3.63, 3.8) is 0 Å². The second kappa shape index (κ2) is 6.89. The molecule has 0 spiro atoms. The summed E-state index contributed by atoms with van der Waals surface area (Å²) in [6, 6.07) is 0.639. The van der Waals surface area contributed by atoms with Crippen LogP contribution in [-0.2, 0) is 14.3 Å². The average molecular weight is 267 g/mol. The molecule has 3 amide bonds. The zero-order valence-electron chi connectivity index (χ0n) is 10.2. The number of likely N-dealkylation sites (N-methyl/N-ethyl adjacent to an activating group) is 1. The number of imide groups is 1. The van der Waals surface area contributed by atoms with Crippen molar-refractivity contribution in [3.8, 4) is 0 Å². The third-order valence-corrected chi connectivity index (χ3v) is 1.89. The van der Waals surface area contributed by atoms with E-state index in [-0.39, 0.29) is 6.54 Å². The summed E-state index contributed by atoms with van der Waals surface area (Å²) in [5, 5.41) is 1.77. The minimum Gasteiger partial charge on any atom is -0.454 e. The number of nitrogens with two attached hydrogens (primary N) is 1. The number of rotatable bonds is 5. The topological polar surface area (TPSA) is 128 Å². The van der Waals surface area contributed by atoms with E-state index in [9.17, 15) is 14.4 Å². The number of carbonyl (C=O) groups is 3. The molecule has 3 N–H and O–H groups in total. The number of anilines is 1. The molecule has 0 saturated heterocycles. The second-order valence-electron chi connectivity index (χ2n) is 3.48. The first-order valence-electron chi connectivity index (χ1n) is 5.22. The fourth-order valence-electron chi connectivity index (χ4n) is 1.12. The lowest BCUT2D eigenvalue weighted by atomic mass is 10.5. The summed E-state index contributed by atoms with van der Waals surface area (Å²) in [5.74, 6) is -1.10. The van der Waals surface area contributed by atoms with Crippen molar-refractivity contribution in [1.29, 1.82) is 0 Å². The summed E-state index contributed by atoms with van der Waals surface area (Å²) in [7, 11) is 1.60. The van der Waals surface area contributed by atoms with Crippen LogP contribution in [0.15, 0.2) is 18.5 Å². The van der Waals surface area contributed by atoms with Gasteiger partial charge in [-0.1, -0.05) is 0 Å². The van der Waals surface area contributed by atoms with E-state index in [1.807, 2.05) is 0 Å². The third-order valence-electron chi connectivity index (χ3n) is 1.89. The number of carbonyl (C=O) groups excluding carboxylic acids is 3. The van der Waals surface area contributed by atoms with Crippen molar-refractivity contribution in [1.82, 2.24) is 15.3 Å². The lowest BCUT2D eigenvalue weighted by Gasteiger charge is -2.15. The molecule has 0 saturated carbocycles. The van der Waals surface area contributed by atoms with Crippen molar-refractivity contribution in [3.05, 3.63) is 18.5 Å². The van der Waals surface area contributed by atoms with Crippen LogP contribution >= 0.6 is 0 Å². The van der Waals surface area contributed by atoms with E-state index >= 15 is 0 Å². The molecule has 0 fully saturated rings. The molecule has 9 heteroatoms. The van der Waals surface area contributed by atoms with Gasteiger partial charge in [0.05, 0.1) is 0 Å². The highest BCUT2D eigenvalue weighted by Crippen LogP contribution is 2.01. The first kappa shape index (κ1) is 14.4. The predicted molar refractivity (Wildman–Crippen MR) is 64.0 cm³/mol. The number of amides is 3. The van der Waals surface area contributed by atoms with Crippen molar-refractivity contribution >= 4 is 23.9 Å². The van der Waals surface area contributed by atoms with Gasteiger partial charge in [0.2, 0.25) is 5.95 Å². The number of nitrogens with zero attached hydrogens (tertiary/aromatic N) is 3. The van der Waals surface area contributed by atoms with Gasteiger partial charge in [0.1, 0.15) is 6.54 Å². The van der Waals surface area contributed by atoms with Crippen LogP contribution in [0.4, 0.5) is 10.7 Å². The summed E-state index contributed by atoms with van der Waals surface area (Å²) in [6.45, 7) is -0.709. The van der Waals surface area contributed by atoms with Gasteiger partial charge in [-0.25, -0.2) is 14.8 Å². The van der Waals surface area contributed by atoms with E-state index in [2.05, 4.69) is 14.7 Å². The molecule has 0 aromatic carbocycles. The molecular formula is C10H13N5O4. The first-order valence-corrected chi connectivity index (χ1v) is 5.22. The molecule has 0 aliphatic carbocycles. The number of esters is 1. The largest absolute Gasteiger partial charge is 0.454 e. The van der Waals surface area contributed by atoms with Gasteiger partial charge < -0.3 is 15.4 Å². The van der Waals surface area contributed by atoms with Gasteiger partial charge in [-0.2, -0.15) is 0 Å². The maximum absolute atomic E-state index is 11.4. The maximum atomic E-state index is 11.4. The van der Waals surface area contributed by atoms with Crippen LogP contribution in [0.25, 0.3) is 0 Å². The molecular weight excluding hydrogens is 254 g/mol. The van der Waals surface area contributed by atoms with Crippen LogP contribution < -0.4 is 16.0 Å². The predicted octanol–water partition coefficient (Wildman–Crippen LogP) is -1.35. The highest BCUT2D eigenvalue weighted by atomic mass is 16.5. The molecule has 1 aromatic heterocycles. The standard InChI is InChI=1S/C10H13N5O4/c1-15(10-12-3-2-4-13-10)5-8(17)19-6-7(16)14-9(11)18/h2-4H,5-6H2,1H3,(H3,11,14,16,18). The SMILES string of the molecule is CN(CC(=O)OCC(=O)NC(N)=O)c1ncccn1. The Morgan fingerprint density at radius 1 is 1.37 bits per heavy atom. The van der Waals surface area contributed by atoms with Crippen LogP contribution in [0.3, 0.4) is 0 Å². The lowest BCUT2D eigenvalue weighted by Crippen LogP contribution is -2.38. The number of urea groups is 1. The Kier molecular flexibility index (Phi) is 5.20. The minimum absolute atomic E-state index is 0.131. The smallest absolute Gasteiger partial charge is 0.326 e. The van der Waals surface area contributed by atoms with E-state index in [0.717, 1.165) is 0 Å². The summed E-state index contributed by atoms with van der Waals surface area (Å²) in [5.41, 5.74) is 4.72. The molecule has 0 bridgehead atoms. The van der Waals surface area contributed by atoms with Gasteiger partial charge in [-0.15, -0.1) is 0 Å². The molecule has 0 radical (unpaired) electrons. The zero-order valence-corrected chi connectivity index (χ0v) is 10.2. The van der Waals surface area contributed by atoms with Gasteiger partial charge in [0.25, 0.3) is 5.91 Å². The van der Waals surface area contributed by atoms with Crippen molar-refractivity contribution in [2.45, 2.75) is 0 Å². The van der Waals surface area contributed by atoms with Crippen molar-refractivity contribution < 1.29 is 19.1 Å². The molecule has 1 heterocycles. The van der Waals surface area contributed by atoms with Crippen LogP contribution in [0.5, 0.6) is 0 Å². The molecule has 0 unspecified atom stereocenters. The molecule has 1 rings (SSSR count). The Morgan fingerprint density at radius 3 is 2.58 bits per heavy atom. The summed E-state index contributed by atoms with van der Waals surface area (Å²) in [4.78, 5) is 42.0. The van der Waals surface area contributed by atoms with Crippen LogP contribution in [-0.4, -0.2) is 48.1 Å². The summed E-state index contributed by atoms with van der Waals surface area (Å²) >= 11 is 0. The molecule has 0 aliphatic rings. The first-order chi connectivity index (χ1) is 8.99. The molecule has 9 nitrogen and oxygen atoms in total. The molecule has 0 atom stereocenters. The lowest BCUT2D eigenvalue weighted by molar-refractivity contribution is -0.146. The molecule has 0 aliphatic heterocycles. The second-order valence-corrected chi connectivity index (χ2v) is 3.48. The van der Waals surface area contributed by atoms with Crippen LogP contribution in [0.1, 0.15) is 0 Å². The number of hydrogen-bond donors (Lipinski definition) is 2. The monoisotopic (exact) mass is 267 g/mol. The van der Waals surface area contributed by atoms with E-state index in [1.165, 1.54) is 17.3 Å². The van der Waals surface area contributed by atoms with E-state index in [4.69, 9.17) is 5.73 Å². The average Bonchev–Trinajstić information content (AvgIpc) is 2.36. The van der Waals surface area contributed by atoms with E-state index < -0.39 is 24.5 Å².